The van der Waals surface area contributed by atoms with E-state index in [9.17, 15) is 4.79 Å². The highest BCUT2D eigenvalue weighted by Gasteiger charge is 2.23. The summed E-state index contributed by atoms with van der Waals surface area (Å²) in [6.07, 6.45) is 1.75. The fourth-order valence-corrected chi connectivity index (χ4v) is 2.24. The molecule has 2 rings (SSSR count). The molecule has 0 aliphatic carbocycles. The Morgan fingerprint density at radius 3 is 2.33 bits per heavy atom. The monoisotopic (exact) mass is 249 g/mol. The molecule has 1 fully saturated rings. The first-order chi connectivity index (χ1) is 8.58. The second kappa shape index (κ2) is 5.27. The third-order valence-electron chi connectivity index (χ3n) is 3.28. The van der Waals surface area contributed by atoms with Crippen LogP contribution in [0.1, 0.15) is 23.2 Å². The van der Waals surface area contributed by atoms with E-state index < -0.39 is 0 Å². The van der Waals surface area contributed by atoms with Gasteiger partial charge < -0.3 is 21.1 Å². The number of nitrogen functional groups attached to an aromatic ring is 2. The van der Waals surface area contributed by atoms with Crippen LogP contribution in [0.5, 0.6) is 0 Å². The normalized spacial score (nSPS) is 16.5. The van der Waals surface area contributed by atoms with Gasteiger partial charge in [-0.15, -0.1) is 0 Å². The predicted molar refractivity (Wildman–Crippen MR) is 71.2 cm³/mol. The van der Waals surface area contributed by atoms with Crippen LogP contribution >= 0.6 is 0 Å². The van der Waals surface area contributed by atoms with E-state index in [0.29, 0.717) is 30.2 Å². The Balaban J connectivity index is 2.14. The van der Waals surface area contributed by atoms with Gasteiger partial charge in [0.1, 0.15) is 0 Å². The van der Waals surface area contributed by atoms with Crippen molar-refractivity contribution in [2.24, 2.45) is 0 Å². The molecule has 5 heteroatoms. The summed E-state index contributed by atoms with van der Waals surface area (Å²) in [5.41, 5.74) is 13.0. The van der Waals surface area contributed by atoms with Gasteiger partial charge in [-0.3, -0.25) is 4.79 Å². The molecule has 4 N–H and O–H groups in total. The minimum absolute atomic E-state index is 0.0408. The maximum absolute atomic E-state index is 12.3. The van der Waals surface area contributed by atoms with Crippen molar-refractivity contribution in [3.8, 4) is 0 Å². The van der Waals surface area contributed by atoms with Crippen LogP contribution in [0.3, 0.4) is 0 Å². The van der Waals surface area contributed by atoms with Crippen LogP contribution in [0.2, 0.25) is 0 Å². The summed E-state index contributed by atoms with van der Waals surface area (Å²) in [6, 6.07) is 5.20. The lowest BCUT2D eigenvalue weighted by atomic mass is 10.1. The molecule has 1 saturated heterocycles. The van der Waals surface area contributed by atoms with Crippen molar-refractivity contribution in [3.63, 3.8) is 0 Å². The van der Waals surface area contributed by atoms with Crippen molar-refractivity contribution in [1.29, 1.82) is 0 Å². The van der Waals surface area contributed by atoms with Crippen LogP contribution in [0.25, 0.3) is 0 Å². The third-order valence-corrected chi connectivity index (χ3v) is 3.28. The molecule has 1 aromatic rings. The van der Waals surface area contributed by atoms with E-state index in [2.05, 4.69) is 0 Å². The Bertz CT molecular complexity index is 422. The predicted octanol–water partition coefficient (Wildman–Crippen LogP) is 1.10. The zero-order chi connectivity index (χ0) is 13.1. The molecule has 0 aromatic heterocycles. The summed E-state index contributed by atoms with van der Waals surface area (Å²) in [7, 11) is 1.82. The van der Waals surface area contributed by atoms with Crippen LogP contribution in [0, 0.1) is 0 Å². The number of benzene rings is 1. The average Bonchev–Trinajstić information content (AvgIpc) is 2.37. The van der Waals surface area contributed by atoms with Crippen molar-refractivity contribution in [2.45, 2.75) is 18.9 Å². The zero-order valence-electron chi connectivity index (χ0n) is 10.6. The van der Waals surface area contributed by atoms with E-state index in [-0.39, 0.29) is 11.9 Å². The fraction of sp³-hybridized carbons (Fsp3) is 0.462. The van der Waals surface area contributed by atoms with Gasteiger partial charge in [0.05, 0.1) is 0 Å². The van der Waals surface area contributed by atoms with Crippen molar-refractivity contribution in [2.75, 3.05) is 31.7 Å². The van der Waals surface area contributed by atoms with Gasteiger partial charge in [0.25, 0.3) is 5.91 Å². The number of carbonyl (C=O) groups is 1. The van der Waals surface area contributed by atoms with Crippen molar-refractivity contribution >= 4 is 17.3 Å². The number of nitrogens with zero attached hydrogens (tertiary/aromatic N) is 1. The lowest BCUT2D eigenvalue weighted by Crippen LogP contribution is -2.40. The van der Waals surface area contributed by atoms with Crippen LogP contribution in [-0.4, -0.2) is 37.1 Å². The Kier molecular flexibility index (Phi) is 3.72. The highest BCUT2D eigenvalue weighted by atomic mass is 16.5. The molecule has 0 atom stereocenters. The number of hydrogen-bond acceptors (Lipinski definition) is 4. The molecule has 0 radical (unpaired) electrons. The number of hydrogen-bond donors (Lipinski definition) is 2. The van der Waals surface area contributed by atoms with E-state index in [1.807, 2.05) is 7.05 Å². The average molecular weight is 249 g/mol. The molecule has 0 saturated carbocycles. The van der Waals surface area contributed by atoms with Crippen LogP contribution in [0.15, 0.2) is 18.2 Å². The number of rotatable bonds is 2. The molecule has 1 amide bonds. The summed E-state index contributed by atoms with van der Waals surface area (Å²) in [5.74, 6) is -0.0408. The van der Waals surface area contributed by atoms with Gasteiger partial charge in [0.15, 0.2) is 0 Å². The van der Waals surface area contributed by atoms with Crippen molar-refractivity contribution in [3.05, 3.63) is 23.8 Å². The Labute approximate surface area is 107 Å². The summed E-state index contributed by atoms with van der Waals surface area (Å²) < 4.78 is 5.30. The fourth-order valence-electron chi connectivity index (χ4n) is 2.24. The third kappa shape index (κ3) is 2.73. The molecule has 1 aromatic carbocycles. The first-order valence-electron chi connectivity index (χ1n) is 6.09. The maximum atomic E-state index is 12.3. The number of nitrogens with two attached hydrogens (primary N) is 2. The quantitative estimate of drug-likeness (QED) is 0.769. The lowest BCUT2D eigenvalue weighted by molar-refractivity contribution is 0.0362. The lowest BCUT2D eigenvalue weighted by Gasteiger charge is -2.31. The summed E-state index contributed by atoms with van der Waals surface area (Å²) >= 11 is 0. The minimum Gasteiger partial charge on any atom is -0.399 e. The van der Waals surface area contributed by atoms with E-state index in [1.165, 1.54) is 0 Å². The van der Waals surface area contributed by atoms with E-state index in [4.69, 9.17) is 16.2 Å². The van der Waals surface area contributed by atoms with E-state index in [1.54, 1.807) is 23.1 Å². The van der Waals surface area contributed by atoms with Crippen LogP contribution in [-0.2, 0) is 4.74 Å². The molecule has 1 aliphatic rings. The van der Waals surface area contributed by atoms with Gasteiger partial charge in [-0.25, -0.2) is 0 Å². The number of amides is 1. The standard InChI is InChI=1S/C13H19N3O2/c1-16(12-2-4-18-5-3-12)13(17)9-6-10(14)8-11(15)7-9/h6-8,12H,2-5,14-15H2,1H3. The molecule has 18 heavy (non-hydrogen) atoms. The Morgan fingerprint density at radius 2 is 1.78 bits per heavy atom. The highest BCUT2D eigenvalue weighted by Crippen LogP contribution is 2.19. The van der Waals surface area contributed by atoms with E-state index >= 15 is 0 Å². The number of ether oxygens (including phenoxy) is 1. The smallest absolute Gasteiger partial charge is 0.253 e. The molecule has 0 bridgehead atoms. The summed E-state index contributed by atoms with van der Waals surface area (Å²) in [5, 5.41) is 0. The number of carbonyl (C=O) groups excluding carboxylic acids is 1. The van der Waals surface area contributed by atoms with Gasteiger partial charge in [-0.1, -0.05) is 0 Å². The molecule has 98 valence electrons. The minimum atomic E-state index is -0.0408. The van der Waals surface area contributed by atoms with Crippen molar-refractivity contribution in [1.82, 2.24) is 4.90 Å². The van der Waals surface area contributed by atoms with Crippen LogP contribution < -0.4 is 11.5 Å². The molecule has 5 nitrogen and oxygen atoms in total. The van der Waals surface area contributed by atoms with Crippen molar-refractivity contribution < 1.29 is 9.53 Å². The molecular formula is C13H19N3O2. The Hall–Kier alpha value is -1.75. The summed E-state index contributed by atoms with van der Waals surface area (Å²) in [4.78, 5) is 14.1. The second-order valence-electron chi connectivity index (χ2n) is 4.65. The molecular weight excluding hydrogens is 230 g/mol. The van der Waals surface area contributed by atoms with Gasteiger partial charge in [0, 0.05) is 43.2 Å². The SMILES string of the molecule is CN(C(=O)c1cc(N)cc(N)c1)C1CCOCC1. The largest absolute Gasteiger partial charge is 0.399 e. The number of anilines is 2. The zero-order valence-corrected chi connectivity index (χ0v) is 10.6. The topological polar surface area (TPSA) is 81.6 Å². The second-order valence-corrected chi connectivity index (χ2v) is 4.65. The first kappa shape index (κ1) is 12.7. The van der Waals surface area contributed by atoms with Gasteiger partial charge >= 0.3 is 0 Å². The van der Waals surface area contributed by atoms with Crippen LogP contribution in [0.4, 0.5) is 11.4 Å². The van der Waals surface area contributed by atoms with Gasteiger partial charge in [-0.2, -0.15) is 0 Å². The Morgan fingerprint density at radius 1 is 1.22 bits per heavy atom. The maximum Gasteiger partial charge on any atom is 0.253 e. The molecule has 1 aliphatic heterocycles. The first-order valence-corrected chi connectivity index (χ1v) is 6.09. The highest BCUT2D eigenvalue weighted by molar-refractivity contribution is 5.96. The van der Waals surface area contributed by atoms with Gasteiger partial charge in [0.2, 0.25) is 0 Å². The van der Waals surface area contributed by atoms with E-state index in [0.717, 1.165) is 12.8 Å². The molecule has 0 unspecified atom stereocenters. The molecule has 1 heterocycles. The summed E-state index contributed by atoms with van der Waals surface area (Å²) in [6.45, 7) is 1.42. The van der Waals surface area contributed by atoms with Gasteiger partial charge in [-0.05, 0) is 31.0 Å². The molecule has 0 spiro atoms.